The van der Waals surface area contributed by atoms with Crippen molar-refractivity contribution in [3.63, 3.8) is 0 Å². The lowest BCUT2D eigenvalue weighted by molar-refractivity contribution is -0.149. The maximum Gasteiger partial charge on any atom is 0.307 e. The van der Waals surface area contributed by atoms with Crippen LogP contribution in [0, 0.1) is 11.8 Å². The largest absolute Gasteiger partial charge is 0.481 e. The Morgan fingerprint density at radius 3 is 2.43 bits per heavy atom. The standard InChI is InChI=1S/C17H21NO3/c19-16(13-8-4-9-14(13)17(20)21)18-11-5-10-15(18)12-6-2-1-3-7-12/h1-3,6-7,13-15H,4-5,8-11H2,(H,20,21)/t13-,14+,15?/m1/s1. The molecule has 0 radical (unpaired) electrons. The van der Waals surface area contributed by atoms with Gasteiger partial charge in [-0.15, -0.1) is 0 Å². The number of hydrogen-bond acceptors (Lipinski definition) is 2. The van der Waals surface area contributed by atoms with Gasteiger partial charge in [0.15, 0.2) is 0 Å². The van der Waals surface area contributed by atoms with E-state index < -0.39 is 11.9 Å². The van der Waals surface area contributed by atoms with Gasteiger partial charge in [-0.2, -0.15) is 0 Å². The van der Waals surface area contributed by atoms with Gasteiger partial charge >= 0.3 is 5.97 Å². The van der Waals surface area contributed by atoms with E-state index in [1.54, 1.807) is 0 Å². The van der Waals surface area contributed by atoms with Gasteiger partial charge < -0.3 is 10.0 Å². The van der Waals surface area contributed by atoms with Crippen LogP contribution in [0.25, 0.3) is 0 Å². The summed E-state index contributed by atoms with van der Waals surface area (Å²) in [5.41, 5.74) is 1.16. The van der Waals surface area contributed by atoms with Gasteiger partial charge in [0.1, 0.15) is 0 Å². The van der Waals surface area contributed by atoms with Crippen LogP contribution < -0.4 is 0 Å². The minimum atomic E-state index is -0.818. The zero-order valence-electron chi connectivity index (χ0n) is 12.1. The molecular formula is C17H21NO3. The molecule has 1 unspecified atom stereocenters. The highest BCUT2D eigenvalue weighted by Crippen LogP contribution is 2.38. The van der Waals surface area contributed by atoms with E-state index in [4.69, 9.17) is 0 Å². The van der Waals surface area contributed by atoms with Crippen molar-refractivity contribution >= 4 is 11.9 Å². The summed E-state index contributed by atoms with van der Waals surface area (Å²) in [5.74, 6) is -1.59. The Morgan fingerprint density at radius 2 is 1.71 bits per heavy atom. The summed E-state index contributed by atoms with van der Waals surface area (Å²) in [6, 6.07) is 10.2. The fraction of sp³-hybridized carbons (Fsp3) is 0.529. The Bertz CT molecular complexity index is 528. The maximum atomic E-state index is 12.8. The average Bonchev–Trinajstić information content (AvgIpc) is 3.16. The molecule has 0 spiro atoms. The zero-order valence-corrected chi connectivity index (χ0v) is 12.1. The molecule has 21 heavy (non-hydrogen) atoms. The fourth-order valence-electron chi connectivity index (χ4n) is 3.82. The Kier molecular flexibility index (Phi) is 3.95. The topological polar surface area (TPSA) is 57.6 Å². The number of carbonyl (C=O) groups is 2. The van der Waals surface area contributed by atoms with E-state index in [2.05, 4.69) is 12.1 Å². The summed E-state index contributed by atoms with van der Waals surface area (Å²) >= 11 is 0. The van der Waals surface area contributed by atoms with Crippen molar-refractivity contribution in [2.24, 2.45) is 11.8 Å². The highest BCUT2D eigenvalue weighted by Gasteiger charge is 2.42. The maximum absolute atomic E-state index is 12.8. The summed E-state index contributed by atoms with van der Waals surface area (Å²) in [6.45, 7) is 0.751. The lowest BCUT2D eigenvalue weighted by Crippen LogP contribution is -2.38. The van der Waals surface area contributed by atoms with Crippen molar-refractivity contribution in [2.45, 2.75) is 38.1 Å². The van der Waals surface area contributed by atoms with Crippen LogP contribution >= 0.6 is 0 Å². The van der Waals surface area contributed by atoms with Crippen LogP contribution in [-0.4, -0.2) is 28.4 Å². The number of carboxylic acid groups (broad SMARTS) is 1. The number of hydrogen-bond donors (Lipinski definition) is 1. The molecule has 2 aliphatic rings. The predicted molar refractivity (Wildman–Crippen MR) is 78.6 cm³/mol. The molecule has 1 heterocycles. The van der Waals surface area contributed by atoms with Crippen LogP contribution in [0.4, 0.5) is 0 Å². The molecule has 4 nitrogen and oxygen atoms in total. The lowest BCUT2D eigenvalue weighted by atomic mass is 9.94. The molecule has 1 saturated carbocycles. The molecule has 1 aliphatic heterocycles. The number of rotatable bonds is 3. The molecule has 0 aromatic heterocycles. The number of aliphatic carboxylic acids is 1. The van der Waals surface area contributed by atoms with E-state index in [1.165, 1.54) is 0 Å². The number of likely N-dealkylation sites (tertiary alicyclic amines) is 1. The molecule has 1 aliphatic carbocycles. The Hall–Kier alpha value is -1.84. The zero-order chi connectivity index (χ0) is 14.8. The van der Waals surface area contributed by atoms with Gasteiger partial charge in [0.05, 0.1) is 17.9 Å². The third-order valence-corrected chi connectivity index (χ3v) is 4.87. The van der Waals surface area contributed by atoms with Gasteiger partial charge in [0, 0.05) is 6.54 Å². The van der Waals surface area contributed by atoms with Crippen LogP contribution in [0.1, 0.15) is 43.7 Å². The average molecular weight is 287 g/mol. The molecule has 1 aromatic carbocycles. The number of carboxylic acids is 1. The van der Waals surface area contributed by atoms with E-state index in [0.29, 0.717) is 12.8 Å². The second-order valence-corrected chi connectivity index (χ2v) is 6.08. The van der Waals surface area contributed by atoms with E-state index in [1.807, 2.05) is 23.1 Å². The van der Waals surface area contributed by atoms with E-state index >= 15 is 0 Å². The molecule has 2 fully saturated rings. The van der Waals surface area contributed by atoms with Gasteiger partial charge in [-0.05, 0) is 31.2 Å². The number of carbonyl (C=O) groups excluding carboxylic acids is 1. The molecule has 3 atom stereocenters. The number of amides is 1. The molecule has 1 saturated heterocycles. The smallest absolute Gasteiger partial charge is 0.307 e. The van der Waals surface area contributed by atoms with Crippen molar-refractivity contribution < 1.29 is 14.7 Å². The first-order valence-electron chi connectivity index (χ1n) is 7.76. The summed E-state index contributed by atoms with van der Waals surface area (Å²) in [5, 5.41) is 9.29. The van der Waals surface area contributed by atoms with E-state index in [0.717, 1.165) is 31.4 Å². The third kappa shape index (κ3) is 2.67. The van der Waals surface area contributed by atoms with E-state index in [9.17, 15) is 14.7 Å². The summed E-state index contributed by atoms with van der Waals surface area (Å²) in [4.78, 5) is 26.0. The fourth-order valence-corrected chi connectivity index (χ4v) is 3.82. The van der Waals surface area contributed by atoms with Crippen LogP contribution in [0.3, 0.4) is 0 Å². The van der Waals surface area contributed by atoms with Crippen LogP contribution in [0.2, 0.25) is 0 Å². The molecule has 1 aromatic rings. The molecule has 0 bridgehead atoms. The van der Waals surface area contributed by atoms with E-state index in [-0.39, 0.29) is 17.9 Å². The van der Waals surface area contributed by atoms with Crippen LogP contribution in [0.15, 0.2) is 30.3 Å². The molecule has 1 amide bonds. The van der Waals surface area contributed by atoms with Crippen molar-refractivity contribution in [3.8, 4) is 0 Å². The first-order chi connectivity index (χ1) is 10.2. The van der Waals surface area contributed by atoms with Crippen LogP contribution in [-0.2, 0) is 9.59 Å². The summed E-state index contributed by atoms with van der Waals surface area (Å²) in [6.07, 6.45) is 4.16. The number of benzene rings is 1. The van der Waals surface area contributed by atoms with Crippen LogP contribution in [0.5, 0.6) is 0 Å². The van der Waals surface area contributed by atoms with Gasteiger partial charge in [-0.1, -0.05) is 36.8 Å². The normalized spacial score (nSPS) is 28.8. The lowest BCUT2D eigenvalue weighted by Gasteiger charge is -2.29. The molecule has 3 rings (SSSR count). The Labute approximate surface area is 124 Å². The van der Waals surface area contributed by atoms with Crippen molar-refractivity contribution in [3.05, 3.63) is 35.9 Å². The summed E-state index contributed by atoms with van der Waals surface area (Å²) in [7, 11) is 0. The quantitative estimate of drug-likeness (QED) is 0.930. The van der Waals surface area contributed by atoms with Crippen molar-refractivity contribution in [1.29, 1.82) is 0 Å². The molecule has 112 valence electrons. The predicted octanol–water partition coefficient (Wildman–Crippen LogP) is 2.85. The van der Waals surface area contributed by atoms with Gasteiger partial charge in [0.2, 0.25) is 5.91 Å². The summed E-state index contributed by atoms with van der Waals surface area (Å²) < 4.78 is 0. The Morgan fingerprint density at radius 1 is 1.00 bits per heavy atom. The minimum Gasteiger partial charge on any atom is -0.481 e. The first kappa shape index (κ1) is 14.1. The second kappa shape index (κ2) is 5.88. The molecule has 4 heteroatoms. The molecule has 1 N–H and O–H groups in total. The minimum absolute atomic E-state index is 0.0475. The monoisotopic (exact) mass is 287 g/mol. The highest BCUT2D eigenvalue weighted by molar-refractivity contribution is 5.85. The Balaban J connectivity index is 1.79. The van der Waals surface area contributed by atoms with Gasteiger partial charge in [-0.25, -0.2) is 0 Å². The van der Waals surface area contributed by atoms with Crippen molar-refractivity contribution in [2.75, 3.05) is 6.54 Å². The SMILES string of the molecule is O=C(O)[C@H]1CCC[C@H]1C(=O)N1CCCC1c1ccccc1. The second-order valence-electron chi connectivity index (χ2n) is 6.08. The van der Waals surface area contributed by atoms with Gasteiger partial charge in [0.25, 0.3) is 0 Å². The highest BCUT2D eigenvalue weighted by atomic mass is 16.4. The third-order valence-electron chi connectivity index (χ3n) is 4.87. The molecular weight excluding hydrogens is 266 g/mol. The number of nitrogens with zero attached hydrogens (tertiary/aromatic N) is 1. The first-order valence-corrected chi connectivity index (χ1v) is 7.76. The van der Waals surface area contributed by atoms with Gasteiger partial charge in [-0.3, -0.25) is 9.59 Å². The van der Waals surface area contributed by atoms with Crippen molar-refractivity contribution in [1.82, 2.24) is 4.90 Å².